The zero-order chi connectivity index (χ0) is 29.4. The summed E-state index contributed by atoms with van der Waals surface area (Å²) in [6.07, 6.45) is 3.21. The van der Waals surface area contributed by atoms with Gasteiger partial charge in [-0.2, -0.15) is 13.2 Å². The van der Waals surface area contributed by atoms with E-state index >= 15 is 0 Å². The van der Waals surface area contributed by atoms with Crippen molar-refractivity contribution < 1.29 is 32.6 Å². The minimum Gasteiger partial charge on any atom is -0.481 e. The van der Waals surface area contributed by atoms with Crippen molar-refractivity contribution in [3.63, 3.8) is 0 Å². The maximum absolute atomic E-state index is 13.0. The van der Waals surface area contributed by atoms with Crippen LogP contribution in [0.4, 0.5) is 18.0 Å². The number of aliphatic carboxylic acids is 1. The van der Waals surface area contributed by atoms with Crippen LogP contribution in [-0.4, -0.2) is 58.7 Å². The minimum atomic E-state index is -4.39. The number of allylic oxidation sites excluding steroid dienone is 1. The Hall–Kier alpha value is -2.99. The molecule has 1 aromatic carbocycles. The van der Waals surface area contributed by atoms with E-state index in [1.807, 2.05) is 20.8 Å². The lowest BCUT2D eigenvalue weighted by Crippen LogP contribution is -2.45. The maximum Gasteiger partial charge on any atom is 0.416 e. The quantitative estimate of drug-likeness (QED) is 0.410. The first kappa shape index (κ1) is 32.2. The largest absolute Gasteiger partial charge is 0.481 e. The van der Waals surface area contributed by atoms with Crippen LogP contribution in [-0.2, 0) is 15.7 Å². The number of carboxylic acids is 1. The van der Waals surface area contributed by atoms with E-state index in [9.17, 15) is 27.9 Å². The summed E-state index contributed by atoms with van der Waals surface area (Å²) in [5.41, 5.74) is 0.345. The number of ether oxygens (including phenoxy) is 1. The molecule has 2 heterocycles. The number of alkyl halides is 3. The summed E-state index contributed by atoms with van der Waals surface area (Å²) in [5, 5.41) is 9.23. The fraction of sp³-hybridized carbons (Fsp3) is 0.600. The molecule has 2 fully saturated rings. The molecule has 2 saturated heterocycles. The summed E-state index contributed by atoms with van der Waals surface area (Å²) in [5.74, 6) is 1.83. The van der Waals surface area contributed by atoms with E-state index in [1.165, 1.54) is 12.1 Å². The molecule has 1 N–H and O–H groups in total. The van der Waals surface area contributed by atoms with Crippen molar-refractivity contribution in [3.05, 3.63) is 47.5 Å². The molecule has 1 aromatic rings. The van der Waals surface area contributed by atoms with Gasteiger partial charge >= 0.3 is 18.2 Å². The Kier molecular flexibility index (Phi) is 11.5. The SMILES string of the molecule is C#CC(=C)C.CC(C)(C)OC(=O)N1CCC(CN2CCC(CC(=O)O)C[C@H]2c2ccc(C(F)(F)F)cc2)CC1. The second kappa shape index (κ2) is 13.9. The van der Waals surface area contributed by atoms with E-state index in [4.69, 9.17) is 11.2 Å². The number of carbonyl (C=O) groups excluding carboxylic acids is 1. The number of likely N-dealkylation sites (tertiary alicyclic amines) is 2. The van der Waals surface area contributed by atoms with E-state index in [-0.39, 0.29) is 24.5 Å². The third-order valence-electron chi connectivity index (χ3n) is 6.91. The van der Waals surface area contributed by atoms with Crippen LogP contribution < -0.4 is 0 Å². The Labute approximate surface area is 230 Å². The van der Waals surface area contributed by atoms with Crippen LogP contribution in [0.25, 0.3) is 0 Å². The summed E-state index contributed by atoms with van der Waals surface area (Å²) in [6, 6.07) is 5.13. The van der Waals surface area contributed by atoms with Crippen LogP contribution in [0.15, 0.2) is 36.4 Å². The van der Waals surface area contributed by atoms with Crippen LogP contribution >= 0.6 is 0 Å². The van der Waals surface area contributed by atoms with Gasteiger partial charge in [-0.15, -0.1) is 6.42 Å². The van der Waals surface area contributed by atoms with Crippen molar-refractivity contribution in [3.8, 4) is 12.3 Å². The number of carbonyl (C=O) groups is 2. The molecule has 1 amide bonds. The molecule has 2 atom stereocenters. The lowest BCUT2D eigenvalue weighted by molar-refractivity contribution is -0.139. The van der Waals surface area contributed by atoms with E-state index in [0.717, 1.165) is 49.1 Å². The molecule has 0 aromatic heterocycles. The monoisotopic (exact) mass is 550 g/mol. The first-order valence-corrected chi connectivity index (χ1v) is 13.3. The molecule has 0 spiro atoms. The van der Waals surface area contributed by atoms with Gasteiger partial charge in [0.05, 0.1) is 5.56 Å². The fourth-order valence-electron chi connectivity index (χ4n) is 4.94. The van der Waals surface area contributed by atoms with Gasteiger partial charge in [-0.1, -0.05) is 24.6 Å². The van der Waals surface area contributed by atoms with Gasteiger partial charge in [0.2, 0.25) is 0 Å². The highest BCUT2D eigenvalue weighted by Crippen LogP contribution is 2.38. The lowest BCUT2D eigenvalue weighted by Gasteiger charge is -2.42. The summed E-state index contributed by atoms with van der Waals surface area (Å²) in [7, 11) is 0. The van der Waals surface area contributed by atoms with Crippen molar-refractivity contribution in [1.29, 1.82) is 0 Å². The first-order chi connectivity index (χ1) is 18.1. The third kappa shape index (κ3) is 11.0. The van der Waals surface area contributed by atoms with Crippen molar-refractivity contribution in [2.24, 2.45) is 11.8 Å². The lowest BCUT2D eigenvalue weighted by atomic mass is 9.84. The van der Waals surface area contributed by atoms with Gasteiger partial charge in [-0.25, -0.2) is 4.79 Å². The third-order valence-corrected chi connectivity index (χ3v) is 6.91. The average Bonchev–Trinajstić information content (AvgIpc) is 2.84. The highest BCUT2D eigenvalue weighted by molar-refractivity contribution is 5.68. The maximum atomic E-state index is 13.0. The number of halogens is 3. The second-order valence-electron chi connectivity index (χ2n) is 11.5. The van der Waals surface area contributed by atoms with Crippen LogP contribution in [0, 0.1) is 24.2 Å². The molecule has 9 heteroatoms. The number of amides is 1. The number of rotatable bonds is 5. The number of carboxylic acid groups (broad SMARTS) is 1. The van der Waals surface area contributed by atoms with Crippen LogP contribution in [0.5, 0.6) is 0 Å². The number of hydrogen-bond acceptors (Lipinski definition) is 4. The van der Waals surface area contributed by atoms with Crippen molar-refractivity contribution in [1.82, 2.24) is 9.80 Å². The Balaban J connectivity index is 0.000000976. The molecule has 39 heavy (non-hydrogen) atoms. The smallest absolute Gasteiger partial charge is 0.416 e. The molecule has 0 saturated carbocycles. The van der Waals surface area contributed by atoms with Gasteiger partial charge in [0.15, 0.2) is 0 Å². The van der Waals surface area contributed by atoms with Crippen LogP contribution in [0.3, 0.4) is 0 Å². The summed E-state index contributed by atoms with van der Waals surface area (Å²) in [6.45, 7) is 13.4. The van der Waals surface area contributed by atoms with Gasteiger partial charge in [-0.05, 0) is 95.0 Å². The fourth-order valence-corrected chi connectivity index (χ4v) is 4.94. The topological polar surface area (TPSA) is 70.1 Å². The average molecular weight is 551 g/mol. The number of nitrogens with zero attached hydrogens (tertiary/aromatic N) is 2. The molecular formula is C30H41F3N2O4. The molecule has 0 aliphatic carbocycles. The zero-order valence-corrected chi connectivity index (χ0v) is 23.4. The molecule has 1 unspecified atom stereocenters. The van der Waals surface area contributed by atoms with E-state index in [0.29, 0.717) is 32.0 Å². The molecule has 2 aliphatic rings. The number of benzene rings is 1. The number of piperidine rings is 2. The highest BCUT2D eigenvalue weighted by Gasteiger charge is 2.35. The Morgan fingerprint density at radius 1 is 1.08 bits per heavy atom. The minimum absolute atomic E-state index is 0.00458. The van der Waals surface area contributed by atoms with E-state index in [1.54, 1.807) is 11.8 Å². The predicted molar refractivity (Wildman–Crippen MR) is 145 cm³/mol. The first-order valence-electron chi connectivity index (χ1n) is 13.3. The van der Waals surface area contributed by atoms with Gasteiger partial charge in [0, 0.05) is 32.1 Å². The van der Waals surface area contributed by atoms with Crippen LogP contribution in [0.1, 0.15) is 77.0 Å². The van der Waals surface area contributed by atoms with Crippen molar-refractivity contribution in [2.45, 2.75) is 77.6 Å². The van der Waals surface area contributed by atoms with Gasteiger partial charge in [0.1, 0.15) is 5.60 Å². The second-order valence-corrected chi connectivity index (χ2v) is 11.5. The van der Waals surface area contributed by atoms with Crippen LogP contribution in [0.2, 0.25) is 0 Å². The molecule has 0 radical (unpaired) electrons. The predicted octanol–water partition coefficient (Wildman–Crippen LogP) is 6.78. The molecular weight excluding hydrogens is 509 g/mol. The summed E-state index contributed by atoms with van der Waals surface area (Å²) < 4.78 is 44.5. The Bertz CT molecular complexity index is 1020. The molecule has 216 valence electrons. The van der Waals surface area contributed by atoms with Gasteiger partial charge < -0.3 is 14.7 Å². The Morgan fingerprint density at radius 3 is 2.08 bits per heavy atom. The van der Waals surface area contributed by atoms with E-state index in [2.05, 4.69) is 17.4 Å². The zero-order valence-electron chi connectivity index (χ0n) is 23.4. The highest BCUT2D eigenvalue weighted by atomic mass is 19.4. The molecule has 6 nitrogen and oxygen atoms in total. The standard InChI is InChI=1S/C25H35F3N2O4.C5H6/c1-24(2,3)34-23(33)29-11-8-17(9-12-29)16-30-13-10-18(15-22(31)32)14-21(30)19-4-6-20(7-5-19)25(26,27)28;1-4-5(2)3/h4-7,17-18,21H,8-16H2,1-3H3,(H,31,32);1H,2H2,3H3/t18?,21-;/m0./s1. The van der Waals surface area contributed by atoms with E-state index < -0.39 is 23.3 Å². The van der Waals surface area contributed by atoms with Gasteiger partial charge in [0.25, 0.3) is 0 Å². The van der Waals surface area contributed by atoms with Crippen molar-refractivity contribution >= 4 is 12.1 Å². The Morgan fingerprint density at radius 2 is 1.62 bits per heavy atom. The molecule has 0 bridgehead atoms. The number of hydrogen-bond donors (Lipinski definition) is 1. The molecule has 2 aliphatic heterocycles. The van der Waals surface area contributed by atoms with Gasteiger partial charge in [-0.3, -0.25) is 9.69 Å². The number of terminal acetylenes is 1. The molecule has 3 rings (SSSR count). The van der Waals surface area contributed by atoms with Crippen molar-refractivity contribution in [2.75, 3.05) is 26.2 Å². The summed E-state index contributed by atoms with van der Waals surface area (Å²) >= 11 is 0. The summed E-state index contributed by atoms with van der Waals surface area (Å²) in [4.78, 5) is 27.6. The normalized spacial score (nSPS) is 20.8.